The topological polar surface area (TPSA) is 80.8 Å². The number of hydrogen-bond donors (Lipinski definition) is 0. The Morgan fingerprint density at radius 3 is 2.52 bits per heavy atom. The molecule has 1 aliphatic heterocycles. The van der Waals surface area contributed by atoms with Gasteiger partial charge in [-0.2, -0.15) is 0 Å². The Hall–Kier alpha value is -3.42. The molecule has 0 atom stereocenters. The normalized spacial score (nSPS) is 13.3. The number of fused-ring (bicyclic) bond motifs is 1. The van der Waals surface area contributed by atoms with Crippen molar-refractivity contribution in [2.24, 2.45) is 0 Å². The summed E-state index contributed by atoms with van der Waals surface area (Å²) >= 11 is 0. The van der Waals surface area contributed by atoms with Crippen LogP contribution in [0, 0.1) is 11.6 Å². The van der Waals surface area contributed by atoms with Crippen molar-refractivity contribution in [3.05, 3.63) is 70.8 Å². The summed E-state index contributed by atoms with van der Waals surface area (Å²) in [5.74, 6) is -5.19. The molecule has 8 heteroatoms. The molecule has 2 aromatic carbocycles. The van der Waals surface area contributed by atoms with Crippen LogP contribution in [0.3, 0.4) is 0 Å². The molecule has 0 saturated carbocycles. The number of carbonyl (C=O) groups is 4. The molecule has 6 nitrogen and oxygen atoms in total. The number of carbonyl (C=O) groups excluding carboxylic acids is 4. The molecule has 2 aromatic rings. The number of halogens is 2. The highest BCUT2D eigenvalue weighted by molar-refractivity contribution is 6.11. The van der Waals surface area contributed by atoms with Gasteiger partial charge in [-0.1, -0.05) is 18.2 Å². The van der Waals surface area contributed by atoms with Crippen LogP contribution in [0.15, 0.2) is 42.5 Å². The Labute approximate surface area is 152 Å². The second-order valence-electron chi connectivity index (χ2n) is 5.83. The number of Topliss-reactive ketones (excluding diaryl/α,β-unsaturated/α-hetero) is 1. The minimum atomic E-state index is -1.20. The molecule has 0 fully saturated rings. The van der Waals surface area contributed by atoms with Crippen LogP contribution >= 0.6 is 0 Å². The van der Waals surface area contributed by atoms with Crippen molar-refractivity contribution in [1.82, 2.24) is 4.90 Å². The Morgan fingerprint density at radius 1 is 1.04 bits per heavy atom. The zero-order valence-corrected chi connectivity index (χ0v) is 13.9. The summed E-state index contributed by atoms with van der Waals surface area (Å²) in [5, 5.41) is 0. The molecule has 3 rings (SSSR count). The summed E-state index contributed by atoms with van der Waals surface area (Å²) in [4.78, 5) is 49.0. The highest BCUT2D eigenvalue weighted by Gasteiger charge is 2.32. The lowest BCUT2D eigenvalue weighted by Crippen LogP contribution is -2.45. The lowest BCUT2D eigenvalue weighted by Gasteiger charge is -2.25. The predicted octanol–water partition coefficient (Wildman–Crippen LogP) is 1.92. The molecule has 0 unspecified atom stereocenters. The van der Waals surface area contributed by atoms with Crippen LogP contribution in [0.25, 0.3) is 0 Å². The lowest BCUT2D eigenvalue weighted by atomic mass is 9.98. The average Bonchev–Trinajstić information content (AvgIpc) is 2.65. The van der Waals surface area contributed by atoms with E-state index in [1.54, 1.807) is 24.3 Å². The summed E-state index contributed by atoms with van der Waals surface area (Å²) in [6.45, 7) is -1.37. The molecular weight excluding hydrogens is 360 g/mol. The number of amides is 2. The molecule has 0 saturated heterocycles. The molecule has 0 aromatic heterocycles. The van der Waals surface area contributed by atoms with Gasteiger partial charge in [0.25, 0.3) is 5.91 Å². The second kappa shape index (κ2) is 7.45. The quantitative estimate of drug-likeness (QED) is 0.454. The van der Waals surface area contributed by atoms with Crippen molar-refractivity contribution in [2.75, 3.05) is 13.2 Å². The summed E-state index contributed by atoms with van der Waals surface area (Å²) in [5.41, 5.74) is 0.731. The molecule has 0 spiro atoms. The van der Waals surface area contributed by atoms with Gasteiger partial charge in [0.15, 0.2) is 24.0 Å². The van der Waals surface area contributed by atoms with E-state index in [9.17, 15) is 28.0 Å². The van der Waals surface area contributed by atoms with E-state index in [4.69, 9.17) is 4.74 Å². The number of hydrogen-bond acceptors (Lipinski definition) is 5. The van der Waals surface area contributed by atoms with E-state index >= 15 is 0 Å². The van der Waals surface area contributed by atoms with E-state index < -0.39 is 48.4 Å². The zero-order valence-electron chi connectivity index (χ0n) is 13.9. The van der Waals surface area contributed by atoms with Crippen molar-refractivity contribution in [2.45, 2.75) is 6.42 Å². The molecule has 0 radical (unpaired) electrons. The van der Waals surface area contributed by atoms with Crippen molar-refractivity contribution >= 4 is 23.6 Å². The second-order valence-corrected chi connectivity index (χ2v) is 5.83. The lowest BCUT2D eigenvalue weighted by molar-refractivity contribution is -0.146. The van der Waals surface area contributed by atoms with Crippen molar-refractivity contribution in [1.29, 1.82) is 0 Å². The molecule has 0 bridgehead atoms. The molecule has 0 aliphatic carbocycles. The van der Waals surface area contributed by atoms with Crippen molar-refractivity contribution in [3.8, 4) is 0 Å². The summed E-state index contributed by atoms with van der Waals surface area (Å²) in [6.07, 6.45) is -0.0248. The first-order valence-electron chi connectivity index (χ1n) is 7.93. The number of imide groups is 1. The first kappa shape index (κ1) is 18.4. The number of esters is 1. The van der Waals surface area contributed by atoms with Gasteiger partial charge in [-0.15, -0.1) is 0 Å². The smallest absolute Gasteiger partial charge is 0.326 e. The Kier molecular flexibility index (Phi) is 5.07. The van der Waals surface area contributed by atoms with E-state index in [-0.39, 0.29) is 12.0 Å². The van der Waals surface area contributed by atoms with Gasteiger partial charge in [0.1, 0.15) is 6.54 Å². The number of benzene rings is 2. The van der Waals surface area contributed by atoms with Gasteiger partial charge in [-0.25, -0.2) is 8.78 Å². The Balaban J connectivity index is 1.61. The zero-order chi connectivity index (χ0) is 19.6. The SMILES string of the molecule is O=C(CN1C(=O)Cc2ccccc2C1=O)OCC(=O)c1ccc(F)c(F)c1. The van der Waals surface area contributed by atoms with Crippen LogP contribution in [-0.4, -0.2) is 41.6 Å². The summed E-state index contributed by atoms with van der Waals surface area (Å²) < 4.78 is 30.8. The molecule has 0 N–H and O–H groups in total. The monoisotopic (exact) mass is 373 g/mol. The van der Waals surface area contributed by atoms with Crippen LogP contribution in [0.1, 0.15) is 26.3 Å². The van der Waals surface area contributed by atoms with E-state index in [1.807, 2.05) is 0 Å². The third kappa shape index (κ3) is 3.89. The van der Waals surface area contributed by atoms with Gasteiger partial charge in [0.2, 0.25) is 5.91 Å². The van der Waals surface area contributed by atoms with Crippen LogP contribution in [0.4, 0.5) is 8.78 Å². The van der Waals surface area contributed by atoms with Crippen molar-refractivity contribution < 1.29 is 32.7 Å². The fourth-order valence-corrected chi connectivity index (χ4v) is 2.63. The van der Waals surface area contributed by atoms with Crippen LogP contribution in [0.5, 0.6) is 0 Å². The molecule has 2 amide bonds. The average molecular weight is 373 g/mol. The van der Waals surface area contributed by atoms with E-state index in [0.29, 0.717) is 17.2 Å². The van der Waals surface area contributed by atoms with E-state index in [2.05, 4.69) is 0 Å². The Bertz CT molecular complexity index is 957. The maximum Gasteiger partial charge on any atom is 0.326 e. The summed E-state index contributed by atoms with van der Waals surface area (Å²) in [6, 6.07) is 9.09. The van der Waals surface area contributed by atoms with Gasteiger partial charge >= 0.3 is 5.97 Å². The number of ketones is 1. The molecule has 138 valence electrons. The highest BCUT2D eigenvalue weighted by Crippen LogP contribution is 2.19. The highest BCUT2D eigenvalue weighted by atomic mass is 19.2. The van der Waals surface area contributed by atoms with Crippen molar-refractivity contribution in [3.63, 3.8) is 0 Å². The van der Waals surface area contributed by atoms with Crippen LogP contribution < -0.4 is 0 Å². The number of rotatable bonds is 5. The van der Waals surface area contributed by atoms with Gasteiger partial charge in [0, 0.05) is 11.1 Å². The van der Waals surface area contributed by atoms with E-state index in [1.165, 1.54) is 0 Å². The minimum absolute atomic E-state index is 0.0248. The van der Waals surface area contributed by atoms with Crippen LogP contribution in [-0.2, 0) is 20.7 Å². The third-order valence-electron chi connectivity index (χ3n) is 4.03. The van der Waals surface area contributed by atoms with Gasteiger partial charge in [-0.3, -0.25) is 24.1 Å². The fraction of sp³-hybridized carbons (Fsp3) is 0.158. The molecule has 1 aliphatic rings. The fourth-order valence-electron chi connectivity index (χ4n) is 2.63. The molecule has 27 heavy (non-hydrogen) atoms. The first-order valence-corrected chi connectivity index (χ1v) is 7.93. The van der Waals surface area contributed by atoms with Gasteiger partial charge in [-0.05, 0) is 29.8 Å². The molecule has 1 heterocycles. The maximum atomic E-state index is 13.1. The number of nitrogens with zero attached hydrogens (tertiary/aromatic N) is 1. The standard InChI is InChI=1S/C19H13F2NO5/c20-14-6-5-12(7-15(14)21)16(23)10-27-18(25)9-22-17(24)8-11-3-1-2-4-13(11)19(22)26/h1-7H,8-10H2. The third-order valence-corrected chi connectivity index (χ3v) is 4.03. The van der Waals surface area contributed by atoms with Gasteiger partial charge < -0.3 is 4.74 Å². The first-order chi connectivity index (χ1) is 12.9. The van der Waals surface area contributed by atoms with Crippen LogP contribution in [0.2, 0.25) is 0 Å². The number of ether oxygens (including phenoxy) is 1. The van der Waals surface area contributed by atoms with E-state index in [0.717, 1.165) is 17.0 Å². The Morgan fingerprint density at radius 2 is 1.78 bits per heavy atom. The van der Waals surface area contributed by atoms with Gasteiger partial charge in [0.05, 0.1) is 6.42 Å². The largest absolute Gasteiger partial charge is 0.456 e. The maximum absolute atomic E-state index is 13.1. The molecular formula is C19H13F2NO5. The minimum Gasteiger partial charge on any atom is -0.456 e. The summed E-state index contributed by atoms with van der Waals surface area (Å²) in [7, 11) is 0. The predicted molar refractivity (Wildman–Crippen MR) is 87.8 cm³/mol.